The number of likely N-dealkylation sites (tertiary alicyclic amines) is 1. The van der Waals surface area contributed by atoms with Crippen LogP contribution in [0.4, 0.5) is 4.79 Å². The lowest BCUT2D eigenvalue weighted by molar-refractivity contribution is -0.0164. The quantitative estimate of drug-likeness (QED) is 0.940. The van der Waals surface area contributed by atoms with Gasteiger partial charge in [-0.3, -0.25) is 9.97 Å². The summed E-state index contributed by atoms with van der Waals surface area (Å²) >= 11 is 0. The molecular weight excluding hydrogens is 300 g/mol. The van der Waals surface area contributed by atoms with Crippen LogP contribution in [0.3, 0.4) is 0 Å². The molecule has 1 N–H and O–H groups in total. The molecule has 2 aromatic heterocycles. The van der Waals surface area contributed by atoms with Crippen LogP contribution in [0.1, 0.15) is 36.7 Å². The van der Waals surface area contributed by atoms with Gasteiger partial charge in [-0.1, -0.05) is 19.9 Å². The number of rotatable bonds is 4. The Labute approximate surface area is 143 Å². The van der Waals surface area contributed by atoms with E-state index in [-0.39, 0.29) is 17.5 Å². The summed E-state index contributed by atoms with van der Waals surface area (Å²) < 4.78 is 0. The van der Waals surface area contributed by atoms with Gasteiger partial charge in [0.2, 0.25) is 0 Å². The summed E-state index contributed by atoms with van der Waals surface area (Å²) in [6.07, 6.45) is 6.10. The monoisotopic (exact) mass is 324 g/mol. The van der Waals surface area contributed by atoms with Crippen LogP contribution in [0.25, 0.3) is 0 Å². The first-order chi connectivity index (χ1) is 11.5. The van der Waals surface area contributed by atoms with Crippen LogP contribution in [0, 0.1) is 12.3 Å². The third-order valence-electron chi connectivity index (χ3n) is 4.67. The number of hydrogen-bond donors (Lipinski definition) is 1. The first kappa shape index (κ1) is 16.4. The number of nitrogens with one attached hydrogen (secondary N) is 1. The lowest BCUT2D eigenvalue weighted by Crippen LogP contribution is -2.60. The Hall–Kier alpha value is -2.43. The lowest BCUT2D eigenvalue weighted by Gasteiger charge is -2.54. The van der Waals surface area contributed by atoms with E-state index >= 15 is 0 Å². The van der Waals surface area contributed by atoms with E-state index in [1.165, 1.54) is 0 Å². The molecule has 2 aromatic rings. The van der Waals surface area contributed by atoms with Crippen molar-refractivity contribution in [3.63, 3.8) is 0 Å². The largest absolute Gasteiger partial charge is 0.338 e. The summed E-state index contributed by atoms with van der Waals surface area (Å²) in [5.41, 5.74) is 3.41. The van der Waals surface area contributed by atoms with Gasteiger partial charge in [-0.05, 0) is 36.2 Å². The molecule has 3 rings (SSSR count). The second-order valence-corrected chi connectivity index (χ2v) is 7.05. The Morgan fingerprint density at radius 1 is 1.29 bits per heavy atom. The number of pyridine rings is 2. The lowest BCUT2D eigenvalue weighted by atomic mass is 9.72. The molecule has 24 heavy (non-hydrogen) atoms. The summed E-state index contributed by atoms with van der Waals surface area (Å²) in [6, 6.07) is 8.04. The molecule has 1 saturated heterocycles. The molecule has 126 valence electrons. The van der Waals surface area contributed by atoms with Crippen molar-refractivity contribution in [3.8, 4) is 0 Å². The highest BCUT2D eigenvalue weighted by Crippen LogP contribution is 2.47. The third-order valence-corrected chi connectivity index (χ3v) is 4.67. The van der Waals surface area contributed by atoms with Gasteiger partial charge in [0.1, 0.15) is 0 Å². The molecule has 0 saturated carbocycles. The third kappa shape index (κ3) is 3.25. The van der Waals surface area contributed by atoms with Crippen molar-refractivity contribution in [2.24, 2.45) is 5.41 Å². The highest BCUT2D eigenvalue weighted by Gasteiger charge is 2.48. The van der Waals surface area contributed by atoms with Crippen molar-refractivity contribution in [3.05, 3.63) is 59.7 Å². The van der Waals surface area contributed by atoms with E-state index in [1.807, 2.05) is 36.1 Å². The Balaban J connectivity index is 1.60. The van der Waals surface area contributed by atoms with Crippen molar-refractivity contribution in [1.82, 2.24) is 20.2 Å². The molecule has 0 aliphatic carbocycles. The van der Waals surface area contributed by atoms with Crippen LogP contribution < -0.4 is 5.32 Å². The van der Waals surface area contributed by atoms with Crippen LogP contribution in [-0.4, -0.2) is 34.0 Å². The predicted octanol–water partition coefficient (Wildman–Crippen LogP) is 3.12. The van der Waals surface area contributed by atoms with E-state index in [2.05, 4.69) is 29.1 Å². The Morgan fingerprint density at radius 2 is 2.04 bits per heavy atom. The SMILES string of the molecule is Cc1cccnc1CCNC(=O)N1CC(C)(C)C1c1ccncc1. The molecule has 5 heteroatoms. The Bertz CT molecular complexity index is 714. The fourth-order valence-corrected chi connectivity index (χ4v) is 3.46. The minimum absolute atomic E-state index is 0.00952. The highest BCUT2D eigenvalue weighted by molar-refractivity contribution is 5.76. The minimum Gasteiger partial charge on any atom is -0.338 e. The predicted molar refractivity (Wildman–Crippen MR) is 93.5 cm³/mol. The normalized spacial score (nSPS) is 18.8. The van der Waals surface area contributed by atoms with Crippen molar-refractivity contribution in [1.29, 1.82) is 0 Å². The van der Waals surface area contributed by atoms with Crippen molar-refractivity contribution in [2.45, 2.75) is 33.2 Å². The number of hydrogen-bond acceptors (Lipinski definition) is 3. The zero-order chi connectivity index (χ0) is 17.2. The highest BCUT2D eigenvalue weighted by atomic mass is 16.2. The average molecular weight is 324 g/mol. The maximum absolute atomic E-state index is 12.6. The second-order valence-electron chi connectivity index (χ2n) is 7.05. The van der Waals surface area contributed by atoms with E-state index in [9.17, 15) is 4.79 Å². The second kappa shape index (κ2) is 6.59. The maximum atomic E-state index is 12.6. The van der Waals surface area contributed by atoms with Crippen LogP contribution in [0.15, 0.2) is 42.9 Å². The smallest absolute Gasteiger partial charge is 0.317 e. The number of urea groups is 1. The van der Waals surface area contributed by atoms with E-state index < -0.39 is 0 Å². The minimum atomic E-state index is -0.00952. The van der Waals surface area contributed by atoms with Gasteiger partial charge in [0, 0.05) is 49.2 Å². The molecule has 1 unspecified atom stereocenters. The van der Waals surface area contributed by atoms with Crippen LogP contribution >= 0.6 is 0 Å². The molecule has 0 spiro atoms. The first-order valence-electron chi connectivity index (χ1n) is 8.34. The van der Waals surface area contributed by atoms with Crippen LogP contribution in [-0.2, 0) is 6.42 Å². The fraction of sp³-hybridized carbons (Fsp3) is 0.421. The molecular formula is C19H24N4O. The molecule has 0 radical (unpaired) electrons. The van der Waals surface area contributed by atoms with Gasteiger partial charge in [-0.2, -0.15) is 0 Å². The number of amides is 2. The molecule has 1 fully saturated rings. The molecule has 1 aliphatic heterocycles. The van der Waals surface area contributed by atoms with Gasteiger partial charge in [0.05, 0.1) is 6.04 Å². The topological polar surface area (TPSA) is 58.1 Å². The maximum Gasteiger partial charge on any atom is 0.317 e. The summed E-state index contributed by atoms with van der Waals surface area (Å²) in [6.45, 7) is 7.78. The van der Waals surface area contributed by atoms with Crippen molar-refractivity contribution < 1.29 is 4.79 Å². The number of nitrogens with zero attached hydrogens (tertiary/aromatic N) is 3. The van der Waals surface area contributed by atoms with Crippen molar-refractivity contribution in [2.75, 3.05) is 13.1 Å². The van der Waals surface area contributed by atoms with E-state index in [4.69, 9.17) is 0 Å². The molecule has 1 aliphatic rings. The van der Waals surface area contributed by atoms with Gasteiger partial charge < -0.3 is 10.2 Å². The first-order valence-corrected chi connectivity index (χ1v) is 8.34. The van der Waals surface area contributed by atoms with Crippen LogP contribution in [0.2, 0.25) is 0 Å². The Kier molecular flexibility index (Phi) is 4.51. The van der Waals surface area contributed by atoms with Gasteiger partial charge in [-0.25, -0.2) is 4.79 Å². The summed E-state index contributed by atoms with van der Waals surface area (Å²) in [5, 5.41) is 3.03. The zero-order valence-electron chi connectivity index (χ0n) is 14.5. The van der Waals surface area contributed by atoms with Gasteiger partial charge in [0.15, 0.2) is 0 Å². The molecule has 5 nitrogen and oxygen atoms in total. The summed E-state index contributed by atoms with van der Waals surface area (Å²) in [7, 11) is 0. The van der Waals surface area contributed by atoms with E-state index in [0.29, 0.717) is 6.54 Å². The molecule has 3 heterocycles. The van der Waals surface area contributed by atoms with Gasteiger partial charge in [0.25, 0.3) is 0 Å². The van der Waals surface area contributed by atoms with Gasteiger partial charge >= 0.3 is 6.03 Å². The molecule has 0 aromatic carbocycles. The summed E-state index contributed by atoms with van der Waals surface area (Å²) in [5.74, 6) is 0. The fourth-order valence-electron chi connectivity index (χ4n) is 3.46. The number of aromatic nitrogens is 2. The standard InChI is InChI=1S/C19H24N4O/c1-14-5-4-9-21-16(14)8-12-22-18(24)23-13-19(2,3)17(23)15-6-10-20-11-7-15/h4-7,9-11,17H,8,12-13H2,1-3H3,(H,22,24). The van der Waals surface area contributed by atoms with Crippen LogP contribution in [0.5, 0.6) is 0 Å². The Morgan fingerprint density at radius 3 is 2.71 bits per heavy atom. The van der Waals surface area contributed by atoms with Gasteiger partial charge in [-0.15, -0.1) is 0 Å². The van der Waals surface area contributed by atoms with E-state index in [1.54, 1.807) is 18.6 Å². The number of aryl methyl sites for hydroxylation is 1. The van der Waals surface area contributed by atoms with Crippen molar-refractivity contribution >= 4 is 6.03 Å². The number of carbonyl (C=O) groups is 1. The zero-order valence-corrected chi connectivity index (χ0v) is 14.5. The molecule has 0 bridgehead atoms. The number of carbonyl (C=O) groups excluding carboxylic acids is 1. The molecule has 1 atom stereocenters. The molecule has 2 amide bonds. The summed E-state index contributed by atoms with van der Waals surface area (Å²) in [4.78, 5) is 22.9. The van der Waals surface area contributed by atoms with E-state index in [0.717, 1.165) is 29.8 Å². The average Bonchev–Trinajstić information content (AvgIpc) is 2.55.